The number of halogens is 3. The van der Waals surface area contributed by atoms with Crippen LogP contribution in [0.3, 0.4) is 0 Å². The monoisotopic (exact) mass is 896 g/mol. The molecule has 6 rings (SSSR count). The Balaban J connectivity index is 0.000000228. The van der Waals surface area contributed by atoms with Gasteiger partial charge in [-0.3, -0.25) is 29.1 Å². The van der Waals surface area contributed by atoms with Crippen LogP contribution in [0.25, 0.3) is 22.3 Å². The summed E-state index contributed by atoms with van der Waals surface area (Å²) in [5.74, 6) is -4.67. The van der Waals surface area contributed by atoms with Crippen LogP contribution in [-0.2, 0) is 42.4 Å². The van der Waals surface area contributed by atoms with E-state index in [1.807, 2.05) is 0 Å². The molecular weight excluding hydrogens is 858 g/mol. The number of hydrogen-bond acceptors (Lipinski definition) is 11. The first-order valence-electron chi connectivity index (χ1n) is 17.6. The number of aromatic carboxylic acids is 1. The van der Waals surface area contributed by atoms with E-state index in [0.29, 0.717) is 28.1 Å². The number of fused-ring (bicyclic) bond motifs is 2. The van der Waals surface area contributed by atoms with Gasteiger partial charge in [0.15, 0.2) is 29.2 Å². The maximum atomic E-state index is 14.3. The molecule has 2 aromatic heterocycles. The van der Waals surface area contributed by atoms with E-state index in [1.54, 1.807) is 18.2 Å². The highest BCUT2D eigenvalue weighted by Gasteiger charge is 2.45. The third-order valence-electron chi connectivity index (χ3n) is 10.7. The van der Waals surface area contributed by atoms with E-state index in [4.69, 9.17) is 27.1 Å². The molecule has 0 saturated carbocycles. The summed E-state index contributed by atoms with van der Waals surface area (Å²) < 4.78 is 75.5. The summed E-state index contributed by atoms with van der Waals surface area (Å²) >= 11 is 5.77. The lowest BCUT2D eigenvalue weighted by Gasteiger charge is -2.27. The number of rotatable bonds is 13. The number of carboxylic acids is 1. The Hall–Kier alpha value is -5.68. The Kier molecular flexibility index (Phi) is 12.7. The molecule has 2 aliphatic rings. The molecule has 322 valence electrons. The Bertz CT molecular complexity index is 2650. The molecule has 18 nitrogen and oxygen atoms in total. The summed E-state index contributed by atoms with van der Waals surface area (Å²) in [5, 5.41) is 27.0. The quantitative estimate of drug-likeness (QED) is 0.0947. The number of carboxylic acid groups (broad SMARTS) is 1. The Morgan fingerprint density at radius 3 is 1.45 bits per heavy atom. The summed E-state index contributed by atoms with van der Waals surface area (Å²) in [6, 6.07) is 10.1. The average molecular weight is 897 g/mol. The Morgan fingerprint density at radius 1 is 0.717 bits per heavy atom. The first kappa shape index (κ1) is 45.4. The van der Waals surface area contributed by atoms with Crippen molar-refractivity contribution >= 4 is 61.1 Å². The number of nitrogens with one attached hydrogen (secondary N) is 2. The molecular formula is C37H39ClF2N6O12S2. The van der Waals surface area contributed by atoms with Crippen LogP contribution >= 0.6 is 11.6 Å². The lowest BCUT2D eigenvalue weighted by atomic mass is 10.1. The van der Waals surface area contributed by atoms with E-state index in [0.717, 1.165) is 25.5 Å². The second-order valence-electron chi connectivity index (χ2n) is 14.6. The Morgan fingerprint density at radius 2 is 1.12 bits per heavy atom. The van der Waals surface area contributed by atoms with Gasteiger partial charge >= 0.3 is 18.0 Å². The van der Waals surface area contributed by atoms with Crippen LogP contribution in [0, 0.1) is 11.6 Å². The minimum atomic E-state index is -3.90. The van der Waals surface area contributed by atoms with E-state index in [9.17, 15) is 49.6 Å². The van der Waals surface area contributed by atoms with Crippen molar-refractivity contribution < 1.29 is 65.1 Å². The summed E-state index contributed by atoms with van der Waals surface area (Å²) in [4.78, 5) is 62.8. The van der Waals surface area contributed by atoms with Gasteiger partial charge in [-0.15, -0.1) is 0 Å². The maximum Gasteiger partial charge on any atom is 0.335 e. The van der Waals surface area contributed by atoms with Crippen LogP contribution in [0.5, 0.6) is 0 Å². The molecule has 60 heavy (non-hydrogen) atoms. The van der Waals surface area contributed by atoms with Crippen LogP contribution < -0.4 is 11.0 Å². The molecule has 4 heterocycles. The highest BCUT2D eigenvalue weighted by Crippen LogP contribution is 2.33. The van der Waals surface area contributed by atoms with E-state index in [-0.39, 0.29) is 55.2 Å². The summed E-state index contributed by atoms with van der Waals surface area (Å²) in [7, 11) is -7.76. The third-order valence-corrected chi connectivity index (χ3v) is 15.0. The molecule has 0 aliphatic carbocycles. The number of carbonyl (C=O) groups is 5. The molecule has 0 radical (unpaired) electrons. The van der Waals surface area contributed by atoms with Crippen molar-refractivity contribution in [3.05, 3.63) is 94.5 Å². The van der Waals surface area contributed by atoms with Crippen LogP contribution in [0.2, 0.25) is 5.02 Å². The summed E-state index contributed by atoms with van der Waals surface area (Å²) in [6.45, 7) is 2.53. The van der Waals surface area contributed by atoms with Crippen LogP contribution in [-0.4, -0.2) is 116 Å². The first-order valence-corrected chi connectivity index (χ1v) is 21.8. The fourth-order valence-corrected chi connectivity index (χ4v) is 8.41. The van der Waals surface area contributed by atoms with Gasteiger partial charge in [0.25, 0.3) is 11.8 Å². The van der Waals surface area contributed by atoms with Crippen molar-refractivity contribution in [2.45, 2.75) is 49.3 Å². The minimum Gasteiger partial charge on any atom is -0.478 e. The van der Waals surface area contributed by atoms with Crippen molar-refractivity contribution in [3.8, 4) is 22.3 Å². The van der Waals surface area contributed by atoms with Gasteiger partial charge in [0.1, 0.15) is 11.6 Å². The third kappa shape index (κ3) is 8.64. The van der Waals surface area contributed by atoms with Crippen molar-refractivity contribution in [3.63, 3.8) is 0 Å². The fourth-order valence-electron chi connectivity index (χ4n) is 6.57. The van der Waals surface area contributed by atoms with Gasteiger partial charge in [-0.2, -0.15) is 0 Å². The smallest absolute Gasteiger partial charge is 0.335 e. The first-order chi connectivity index (χ1) is 27.9. The van der Waals surface area contributed by atoms with Gasteiger partial charge in [0.05, 0.1) is 18.7 Å². The SMILES string of the molecule is C[C@@](CCN1Cc2cc(-c3ccc(C(=O)O)cc3F)cn2C1=O)(C(=O)NO)S(C)(=O)=O.C[C@@](CCN1Cc2cc(-c3ccc(Cl)cc3F)cn2C1=O)(C(=O)NO)S(C)(=O)=O. The summed E-state index contributed by atoms with van der Waals surface area (Å²) in [5.41, 5.74) is 5.00. The number of nitrogens with zero attached hydrogens (tertiary/aromatic N) is 4. The van der Waals surface area contributed by atoms with Gasteiger partial charge in [-0.25, -0.2) is 51.0 Å². The van der Waals surface area contributed by atoms with E-state index in [2.05, 4.69) is 0 Å². The molecule has 5 N–H and O–H groups in total. The van der Waals surface area contributed by atoms with Crippen LogP contribution in [0.1, 0.15) is 48.4 Å². The zero-order valence-corrected chi connectivity index (χ0v) is 34.7. The number of carbonyl (C=O) groups excluding carboxylic acids is 4. The normalized spacial score (nSPS) is 15.7. The average Bonchev–Trinajstić information content (AvgIpc) is 3.93. The number of benzene rings is 2. The molecule has 0 spiro atoms. The number of hydrogen-bond donors (Lipinski definition) is 5. The molecule has 0 saturated heterocycles. The summed E-state index contributed by atoms with van der Waals surface area (Å²) in [6.07, 6.45) is 4.23. The molecule has 2 aliphatic heterocycles. The molecule has 23 heteroatoms. The predicted molar refractivity (Wildman–Crippen MR) is 210 cm³/mol. The van der Waals surface area contributed by atoms with E-state index in [1.165, 1.54) is 73.5 Å². The van der Waals surface area contributed by atoms with Gasteiger partial charge in [0, 0.05) is 76.7 Å². The van der Waals surface area contributed by atoms with Crippen molar-refractivity contribution in [2.24, 2.45) is 0 Å². The minimum absolute atomic E-state index is 0.0257. The highest BCUT2D eigenvalue weighted by molar-refractivity contribution is 7.93. The van der Waals surface area contributed by atoms with Crippen LogP contribution in [0.4, 0.5) is 18.4 Å². The van der Waals surface area contributed by atoms with Gasteiger partial charge in [-0.1, -0.05) is 17.7 Å². The lowest BCUT2D eigenvalue weighted by Crippen LogP contribution is -2.50. The Labute approximate surface area is 346 Å². The zero-order chi connectivity index (χ0) is 44.7. The largest absolute Gasteiger partial charge is 0.478 e. The highest BCUT2D eigenvalue weighted by atomic mass is 35.5. The zero-order valence-electron chi connectivity index (χ0n) is 32.3. The van der Waals surface area contributed by atoms with Gasteiger partial charge in [-0.05, 0) is 69.2 Å². The van der Waals surface area contributed by atoms with Gasteiger partial charge in [0.2, 0.25) is 0 Å². The molecule has 2 atom stereocenters. The molecule has 2 aromatic carbocycles. The molecule has 0 fully saturated rings. The topological polar surface area (TPSA) is 255 Å². The number of amides is 4. The molecule has 0 unspecified atom stereocenters. The van der Waals surface area contributed by atoms with Crippen molar-refractivity contribution in [2.75, 3.05) is 25.6 Å². The van der Waals surface area contributed by atoms with Gasteiger partial charge < -0.3 is 14.9 Å². The molecule has 4 aromatic rings. The second kappa shape index (κ2) is 16.8. The molecule has 0 bridgehead atoms. The number of aromatic nitrogens is 2. The molecule has 4 amide bonds. The van der Waals surface area contributed by atoms with E-state index >= 15 is 0 Å². The van der Waals surface area contributed by atoms with Crippen molar-refractivity contribution in [1.82, 2.24) is 29.9 Å². The van der Waals surface area contributed by atoms with Crippen molar-refractivity contribution in [1.29, 1.82) is 0 Å². The predicted octanol–water partition coefficient (Wildman–Crippen LogP) is 3.91. The fraction of sp³-hybridized carbons (Fsp3) is 0.324. The number of sulfone groups is 2. The lowest BCUT2D eigenvalue weighted by molar-refractivity contribution is -0.132. The number of hydroxylamine groups is 2. The van der Waals surface area contributed by atoms with Crippen LogP contribution in [0.15, 0.2) is 60.9 Å². The second-order valence-corrected chi connectivity index (χ2v) is 19.9. The standard InChI is InChI=1S/C19H20FN3O7S.C18H19ClFN3O5S/c1-19(17(26)21-28,31(2,29)30)5-6-22-10-13-7-12(9-23(13)18(22)27)14-4-3-11(16(24)25)8-15(14)20;1-18(16(24)21-26,29(2,27)28)5-6-22-10-13-7-11(9-23(13)17(22)25)14-4-3-12(19)8-15(14)20/h3-4,7-9,28H,5-6,10H2,1-2H3,(H,21,26)(H,24,25);3-4,7-9,26H,5-6,10H2,1-2H3,(H,21,24)/t19-;18-/m11/s1. The maximum absolute atomic E-state index is 14.3. The van der Waals surface area contributed by atoms with E-state index < -0.39 is 70.6 Å².